The van der Waals surface area contributed by atoms with Gasteiger partial charge in [0.25, 0.3) is 0 Å². The maximum Gasteiger partial charge on any atom is 0.312 e. The van der Waals surface area contributed by atoms with E-state index in [1.165, 1.54) is 6.42 Å². The maximum absolute atomic E-state index is 12.7. The molecule has 5 fully saturated rings. The molecule has 1 aliphatic heterocycles. The molecule has 21 heavy (non-hydrogen) atoms. The van der Waals surface area contributed by atoms with Gasteiger partial charge < -0.3 is 19.3 Å². The highest BCUT2D eigenvalue weighted by molar-refractivity contribution is 5.77. The Kier molecular flexibility index (Phi) is 3.28. The molecule has 0 radical (unpaired) electrons. The second kappa shape index (κ2) is 4.93. The van der Waals surface area contributed by atoms with Gasteiger partial charge in [-0.1, -0.05) is 0 Å². The van der Waals surface area contributed by atoms with Crippen LogP contribution in [-0.2, 0) is 19.0 Å². The monoisotopic (exact) mass is 296 g/mol. The van der Waals surface area contributed by atoms with Crippen molar-refractivity contribution >= 4 is 5.97 Å². The lowest BCUT2D eigenvalue weighted by Crippen LogP contribution is -2.58. The first-order chi connectivity index (χ1) is 10.1. The topological polar surface area (TPSA) is 65.0 Å². The van der Waals surface area contributed by atoms with Crippen LogP contribution < -0.4 is 0 Å². The van der Waals surface area contributed by atoms with Gasteiger partial charge in [-0.05, 0) is 50.4 Å². The van der Waals surface area contributed by atoms with Crippen molar-refractivity contribution in [1.82, 2.24) is 0 Å². The van der Waals surface area contributed by atoms with E-state index in [1.54, 1.807) is 0 Å². The number of aliphatic hydroxyl groups is 1. The molecule has 5 aliphatic rings. The average Bonchev–Trinajstić information content (AvgIpc) is 2.43. The van der Waals surface area contributed by atoms with E-state index >= 15 is 0 Å². The van der Waals surface area contributed by atoms with Crippen LogP contribution in [0.1, 0.15) is 38.5 Å². The Morgan fingerprint density at radius 1 is 1.14 bits per heavy atom. The highest BCUT2D eigenvalue weighted by atomic mass is 16.7. The number of esters is 1. The van der Waals surface area contributed by atoms with Gasteiger partial charge >= 0.3 is 5.97 Å². The lowest BCUT2D eigenvalue weighted by molar-refractivity contribution is -0.200. The molecule has 118 valence electrons. The van der Waals surface area contributed by atoms with E-state index in [0.29, 0.717) is 44.9 Å². The molecule has 4 aliphatic carbocycles. The zero-order valence-electron chi connectivity index (χ0n) is 12.4. The van der Waals surface area contributed by atoms with Crippen LogP contribution in [0, 0.1) is 23.2 Å². The van der Waals surface area contributed by atoms with Gasteiger partial charge in [-0.15, -0.1) is 0 Å². The molecule has 4 bridgehead atoms. The number of hydrogen-bond acceptors (Lipinski definition) is 5. The molecule has 0 aromatic rings. The minimum absolute atomic E-state index is 0.0967. The second-order valence-corrected chi connectivity index (χ2v) is 7.79. The molecular weight excluding hydrogens is 272 g/mol. The fraction of sp³-hybridized carbons (Fsp3) is 0.938. The Hall–Kier alpha value is -0.650. The summed E-state index contributed by atoms with van der Waals surface area (Å²) >= 11 is 0. The van der Waals surface area contributed by atoms with Gasteiger partial charge in [0, 0.05) is 5.92 Å². The van der Waals surface area contributed by atoms with E-state index in [9.17, 15) is 9.90 Å². The van der Waals surface area contributed by atoms with Crippen LogP contribution in [0.2, 0.25) is 0 Å². The first kappa shape index (κ1) is 14.0. The summed E-state index contributed by atoms with van der Waals surface area (Å²) in [5, 5.41) is 10.7. The first-order valence-corrected chi connectivity index (χ1v) is 8.12. The molecule has 0 aromatic heterocycles. The fourth-order valence-corrected chi connectivity index (χ4v) is 5.43. The van der Waals surface area contributed by atoms with Crippen LogP contribution >= 0.6 is 0 Å². The minimum atomic E-state index is -0.611. The molecule has 1 heterocycles. The predicted molar refractivity (Wildman–Crippen MR) is 73.3 cm³/mol. The lowest BCUT2D eigenvalue weighted by Gasteiger charge is -2.58. The Morgan fingerprint density at radius 3 is 2.43 bits per heavy atom. The van der Waals surface area contributed by atoms with Crippen molar-refractivity contribution in [2.24, 2.45) is 23.2 Å². The van der Waals surface area contributed by atoms with Crippen LogP contribution in [0.4, 0.5) is 0 Å². The van der Waals surface area contributed by atoms with Crippen LogP contribution in [0.5, 0.6) is 0 Å². The third-order valence-electron chi connectivity index (χ3n) is 5.79. The smallest absolute Gasteiger partial charge is 0.312 e. The predicted octanol–water partition coefficient (Wildman–Crippen LogP) is 1.48. The van der Waals surface area contributed by atoms with Gasteiger partial charge in [0.1, 0.15) is 6.79 Å². The highest BCUT2D eigenvalue weighted by Crippen LogP contribution is 2.61. The molecule has 1 N–H and O–H groups in total. The van der Waals surface area contributed by atoms with Crippen molar-refractivity contribution < 1.29 is 24.1 Å². The summed E-state index contributed by atoms with van der Waals surface area (Å²) < 4.78 is 16.1. The van der Waals surface area contributed by atoms with Crippen molar-refractivity contribution in [2.75, 3.05) is 26.6 Å². The van der Waals surface area contributed by atoms with E-state index < -0.39 is 11.0 Å². The van der Waals surface area contributed by atoms with Crippen molar-refractivity contribution in [3.63, 3.8) is 0 Å². The minimum Gasteiger partial charge on any atom is -0.465 e. The van der Waals surface area contributed by atoms with E-state index in [1.807, 2.05) is 0 Å². The molecule has 0 amide bonds. The SMILES string of the molecule is O=C(OCC1COCOC1)C12CC3CC(CC(O)(C3)C1)C2. The van der Waals surface area contributed by atoms with Crippen molar-refractivity contribution in [1.29, 1.82) is 0 Å². The summed E-state index contributed by atoms with van der Waals surface area (Å²) in [6.45, 7) is 1.89. The molecule has 0 spiro atoms. The van der Waals surface area contributed by atoms with Gasteiger partial charge in [-0.3, -0.25) is 4.79 Å². The Bertz CT molecular complexity index is 414. The van der Waals surface area contributed by atoms with Crippen molar-refractivity contribution in [3.05, 3.63) is 0 Å². The van der Waals surface area contributed by atoms with Crippen LogP contribution in [0.3, 0.4) is 0 Å². The average molecular weight is 296 g/mol. The third-order valence-corrected chi connectivity index (χ3v) is 5.79. The van der Waals surface area contributed by atoms with Crippen LogP contribution in [0.25, 0.3) is 0 Å². The number of carbonyl (C=O) groups excluding carboxylic acids is 1. The largest absolute Gasteiger partial charge is 0.465 e. The molecule has 0 aromatic carbocycles. The summed E-state index contributed by atoms with van der Waals surface area (Å²) in [5.74, 6) is 1.05. The van der Waals surface area contributed by atoms with Gasteiger partial charge in [0.05, 0.1) is 30.8 Å². The second-order valence-electron chi connectivity index (χ2n) is 7.79. The zero-order chi connectivity index (χ0) is 14.5. The first-order valence-electron chi connectivity index (χ1n) is 8.12. The van der Waals surface area contributed by atoms with E-state index in [2.05, 4.69) is 0 Å². The number of rotatable bonds is 3. The maximum atomic E-state index is 12.7. The van der Waals surface area contributed by atoms with Gasteiger partial charge in [-0.25, -0.2) is 0 Å². The van der Waals surface area contributed by atoms with Crippen molar-refractivity contribution in [3.8, 4) is 0 Å². The number of carbonyl (C=O) groups is 1. The van der Waals surface area contributed by atoms with E-state index in [0.717, 1.165) is 25.7 Å². The molecule has 5 heteroatoms. The summed E-state index contributed by atoms with van der Waals surface area (Å²) in [6, 6.07) is 0. The molecule has 1 saturated heterocycles. The standard InChI is InChI=1S/C16H24O5/c17-14(21-8-13-6-19-10-20-7-13)15-2-11-1-12(3-15)5-16(18,4-11)9-15/h11-13,18H,1-10H2. The lowest BCUT2D eigenvalue weighted by atomic mass is 9.48. The van der Waals surface area contributed by atoms with E-state index in [-0.39, 0.29) is 11.9 Å². The molecule has 5 nitrogen and oxygen atoms in total. The Morgan fingerprint density at radius 2 is 1.81 bits per heavy atom. The fourth-order valence-electron chi connectivity index (χ4n) is 5.43. The summed E-state index contributed by atoms with van der Waals surface area (Å²) in [7, 11) is 0. The molecule has 4 saturated carbocycles. The van der Waals surface area contributed by atoms with Crippen LogP contribution in [-0.4, -0.2) is 43.3 Å². The van der Waals surface area contributed by atoms with Crippen LogP contribution in [0.15, 0.2) is 0 Å². The number of ether oxygens (including phenoxy) is 3. The third kappa shape index (κ3) is 2.49. The Labute approximate surface area is 124 Å². The normalized spacial score (nSPS) is 45.8. The Balaban J connectivity index is 1.41. The molecular formula is C16H24O5. The molecule has 2 unspecified atom stereocenters. The quantitative estimate of drug-likeness (QED) is 0.799. The summed E-state index contributed by atoms with van der Waals surface area (Å²) in [5.41, 5.74) is -1.03. The van der Waals surface area contributed by atoms with E-state index in [4.69, 9.17) is 14.2 Å². The summed E-state index contributed by atoms with van der Waals surface area (Å²) in [6.07, 6.45) is 5.35. The van der Waals surface area contributed by atoms with Gasteiger partial charge in [0.2, 0.25) is 0 Å². The van der Waals surface area contributed by atoms with Gasteiger partial charge in [-0.2, -0.15) is 0 Å². The molecule has 2 atom stereocenters. The van der Waals surface area contributed by atoms with Crippen molar-refractivity contribution in [2.45, 2.75) is 44.1 Å². The van der Waals surface area contributed by atoms with Gasteiger partial charge in [0.15, 0.2) is 0 Å². The highest BCUT2D eigenvalue weighted by Gasteiger charge is 2.60. The molecule has 5 rings (SSSR count). The number of hydrogen-bond donors (Lipinski definition) is 1. The summed E-state index contributed by atoms with van der Waals surface area (Å²) in [4.78, 5) is 12.7. The zero-order valence-corrected chi connectivity index (χ0v) is 12.4.